The van der Waals surface area contributed by atoms with Crippen molar-refractivity contribution in [2.24, 2.45) is 0 Å². The Bertz CT molecular complexity index is 614. The second-order valence-electron chi connectivity index (χ2n) is 5.38. The van der Waals surface area contributed by atoms with Crippen LogP contribution in [0.1, 0.15) is 24.0 Å². The minimum Gasteiger partial charge on any atom is -0.310 e. The predicted octanol–water partition coefficient (Wildman–Crippen LogP) is 4.01. The highest BCUT2D eigenvalue weighted by molar-refractivity contribution is 5.65. The van der Waals surface area contributed by atoms with Crippen LogP contribution in [0.25, 0.3) is 11.1 Å². The number of halogens is 1. The summed E-state index contributed by atoms with van der Waals surface area (Å²) in [4.78, 5) is 0. The first-order valence-corrected chi connectivity index (χ1v) is 6.71. The zero-order valence-electron chi connectivity index (χ0n) is 11.3. The Balaban J connectivity index is 2.01. The molecule has 2 aromatic rings. The average molecular weight is 255 g/mol. The lowest BCUT2D eigenvalue weighted by atomic mass is 9.97. The van der Waals surface area contributed by atoms with Gasteiger partial charge < -0.3 is 5.32 Å². The molecule has 0 atom stereocenters. The maximum Gasteiger partial charge on any atom is 0.126 e. The zero-order chi connectivity index (χ0) is 13.5. The van der Waals surface area contributed by atoms with E-state index in [-0.39, 0.29) is 11.4 Å². The fraction of sp³-hybridized carbons (Fsp3) is 0.294. The molecule has 1 nitrogen and oxygen atoms in total. The second-order valence-corrected chi connectivity index (χ2v) is 5.38. The molecular weight excluding hydrogens is 237 g/mol. The Kier molecular flexibility index (Phi) is 2.90. The van der Waals surface area contributed by atoms with Crippen LogP contribution in [0.5, 0.6) is 0 Å². The van der Waals surface area contributed by atoms with Crippen LogP contribution in [-0.4, -0.2) is 7.05 Å². The number of hydrogen-bond acceptors (Lipinski definition) is 1. The third-order valence-electron chi connectivity index (χ3n) is 4.15. The van der Waals surface area contributed by atoms with Crippen molar-refractivity contribution in [3.63, 3.8) is 0 Å². The fourth-order valence-corrected chi connectivity index (χ4v) is 2.58. The maximum absolute atomic E-state index is 13.7. The SMILES string of the molecule is CNC1(c2cccc(-c3ccc(C)c(F)c3)c2)CC1. The quantitative estimate of drug-likeness (QED) is 0.873. The van der Waals surface area contributed by atoms with Gasteiger partial charge in [-0.25, -0.2) is 4.39 Å². The van der Waals surface area contributed by atoms with Crippen LogP contribution in [0.2, 0.25) is 0 Å². The summed E-state index contributed by atoms with van der Waals surface area (Å²) in [5, 5.41) is 3.39. The van der Waals surface area contributed by atoms with Crippen molar-refractivity contribution in [2.75, 3.05) is 7.05 Å². The third kappa shape index (κ3) is 2.17. The summed E-state index contributed by atoms with van der Waals surface area (Å²) in [5.41, 5.74) is 4.16. The highest BCUT2D eigenvalue weighted by Crippen LogP contribution is 2.45. The molecule has 0 radical (unpaired) electrons. The summed E-state index contributed by atoms with van der Waals surface area (Å²) < 4.78 is 13.7. The number of rotatable bonds is 3. The van der Waals surface area contributed by atoms with Crippen molar-refractivity contribution in [1.82, 2.24) is 5.32 Å². The van der Waals surface area contributed by atoms with Gasteiger partial charge in [0.2, 0.25) is 0 Å². The van der Waals surface area contributed by atoms with E-state index in [0.717, 1.165) is 11.1 Å². The Hall–Kier alpha value is -1.67. The van der Waals surface area contributed by atoms with Crippen LogP contribution in [0.15, 0.2) is 42.5 Å². The molecule has 0 saturated heterocycles. The lowest BCUT2D eigenvalue weighted by Gasteiger charge is -2.16. The van der Waals surface area contributed by atoms with E-state index in [0.29, 0.717) is 5.56 Å². The minimum absolute atomic E-state index is 0.141. The van der Waals surface area contributed by atoms with Gasteiger partial charge in [-0.2, -0.15) is 0 Å². The predicted molar refractivity (Wildman–Crippen MR) is 76.5 cm³/mol. The molecule has 0 spiro atoms. The van der Waals surface area contributed by atoms with Gasteiger partial charge >= 0.3 is 0 Å². The molecule has 1 aliphatic rings. The largest absolute Gasteiger partial charge is 0.310 e. The molecule has 1 saturated carbocycles. The van der Waals surface area contributed by atoms with Crippen molar-refractivity contribution in [3.8, 4) is 11.1 Å². The van der Waals surface area contributed by atoms with Gasteiger partial charge in [-0.05, 0) is 61.2 Å². The molecule has 2 aromatic carbocycles. The van der Waals surface area contributed by atoms with Gasteiger partial charge in [0.25, 0.3) is 0 Å². The molecular formula is C17H18FN. The van der Waals surface area contributed by atoms with E-state index in [2.05, 4.69) is 23.5 Å². The molecule has 2 heteroatoms. The summed E-state index contributed by atoms with van der Waals surface area (Å²) in [6.45, 7) is 1.79. The highest BCUT2D eigenvalue weighted by Gasteiger charge is 2.42. The smallest absolute Gasteiger partial charge is 0.126 e. The summed E-state index contributed by atoms with van der Waals surface area (Å²) >= 11 is 0. The first kappa shape index (κ1) is 12.4. The van der Waals surface area contributed by atoms with Crippen molar-refractivity contribution in [3.05, 3.63) is 59.4 Å². The van der Waals surface area contributed by atoms with Gasteiger partial charge in [-0.3, -0.25) is 0 Å². The molecule has 3 rings (SSSR count). The van der Waals surface area contributed by atoms with Gasteiger partial charge in [-0.15, -0.1) is 0 Å². The Morgan fingerprint density at radius 1 is 1.05 bits per heavy atom. The molecule has 0 bridgehead atoms. The zero-order valence-corrected chi connectivity index (χ0v) is 11.3. The lowest BCUT2D eigenvalue weighted by Crippen LogP contribution is -2.24. The summed E-state index contributed by atoms with van der Waals surface area (Å²) in [5.74, 6) is -0.141. The van der Waals surface area contributed by atoms with E-state index in [1.54, 1.807) is 13.0 Å². The lowest BCUT2D eigenvalue weighted by molar-refractivity contribution is 0.586. The average Bonchev–Trinajstić information content (AvgIpc) is 3.23. The van der Waals surface area contributed by atoms with Gasteiger partial charge in [0, 0.05) is 5.54 Å². The Morgan fingerprint density at radius 3 is 2.42 bits per heavy atom. The first-order valence-electron chi connectivity index (χ1n) is 6.71. The molecule has 19 heavy (non-hydrogen) atoms. The molecule has 1 fully saturated rings. The van der Waals surface area contributed by atoms with E-state index in [4.69, 9.17) is 0 Å². The Labute approximate surface area is 113 Å². The number of hydrogen-bond donors (Lipinski definition) is 1. The summed E-state index contributed by atoms with van der Waals surface area (Å²) in [6.07, 6.45) is 2.35. The van der Waals surface area contributed by atoms with Crippen molar-refractivity contribution in [1.29, 1.82) is 0 Å². The monoisotopic (exact) mass is 255 g/mol. The molecule has 0 aliphatic heterocycles. The van der Waals surface area contributed by atoms with Crippen molar-refractivity contribution < 1.29 is 4.39 Å². The summed E-state index contributed by atoms with van der Waals surface area (Å²) in [6, 6.07) is 13.9. The number of benzene rings is 2. The molecule has 0 amide bonds. The summed E-state index contributed by atoms with van der Waals surface area (Å²) in [7, 11) is 2.01. The normalized spacial score (nSPS) is 16.4. The van der Waals surface area contributed by atoms with E-state index in [1.165, 1.54) is 18.4 Å². The second kappa shape index (κ2) is 4.46. The van der Waals surface area contributed by atoms with Crippen molar-refractivity contribution >= 4 is 0 Å². The van der Waals surface area contributed by atoms with Crippen LogP contribution in [0, 0.1) is 12.7 Å². The van der Waals surface area contributed by atoms with Gasteiger partial charge in [0.1, 0.15) is 5.82 Å². The minimum atomic E-state index is -0.141. The van der Waals surface area contributed by atoms with Crippen LogP contribution in [-0.2, 0) is 5.54 Å². The maximum atomic E-state index is 13.7. The van der Waals surface area contributed by atoms with E-state index in [1.807, 2.05) is 25.2 Å². The highest BCUT2D eigenvalue weighted by atomic mass is 19.1. The fourth-order valence-electron chi connectivity index (χ4n) is 2.58. The van der Waals surface area contributed by atoms with Gasteiger partial charge in [0.05, 0.1) is 0 Å². The van der Waals surface area contributed by atoms with Crippen molar-refractivity contribution in [2.45, 2.75) is 25.3 Å². The molecule has 98 valence electrons. The molecule has 1 aliphatic carbocycles. The van der Waals surface area contributed by atoms with Crippen LogP contribution >= 0.6 is 0 Å². The topological polar surface area (TPSA) is 12.0 Å². The molecule has 0 heterocycles. The van der Waals surface area contributed by atoms with Crippen LogP contribution in [0.3, 0.4) is 0 Å². The molecule has 0 aromatic heterocycles. The number of nitrogens with one attached hydrogen (secondary N) is 1. The van der Waals surface area contributed by atoms with Gasteiger partial charge in [-0.1, -0.05) is 30.3 Å². The van der Waals surface area contributed by atoms with Crippen LogP contribution < -0.4 is 5.32 Å². The standard InChI is InChI=1S/C17H18FN/c1-12-6-7-14(11-16(12)18)13-4-3-5-15(10-13)17(19-2)8-9-17/h3-7,10-11,19H,8-9H2,1-2H3. The first-order chi connectivity index (χ1) is 9.14. The Morgan fingerprint density at radius 2 is 1.79 bits per heavy atom. The van der Waals surface area contributed by atoms with Gasteiger partial charge in [0.15, 0.2) is 0 Å². The molecule has 1 N–H and O–H groups in total. The van der Waals surface area contributed by atoms with E-state index in [9.17, 15) is 4.39 Å². The van der Waals surface area contributed by atoms with E-state index < -0.39 is 0 Å². The van der Waals surface area contributed by atoms with E-state index >= 15 is 0 Å². The molecule has 0 unspecified atom stereocenters. The van der Waals surface area contributed by atoms with Crippen LogP contribution in [0.4, 0.5) is 4.39 Å². The third-order valence-corrected chi connectivity index (χ3v) is 4.15. The number of aryl methyl sites for hydroxylation is 1.